The molecule has 0 amide bonds. The minimum absolute atomic E-state index is 0.788. The van der Waals surface area contributed by atoms with Crippen LogP contribution in [0.15, 0.2) is 28.7 Å². The summed E-state index contributed by atoms with van der Waals surface area (Å²) in [7, 11) is -3.26. The van der Waals surface area contributed by atoms with Gasteiger partial charge in [-0.15, -0.1) is 0 Å². The molecular formula is C9H11NO2S. The van der Waals surface area contributed by atoms with Crippen LogP contribution in [0.25, 0.3) is 0 Å². The third-order valence-electron chi connectivity index (χ3n) is 1.47. The van der Waals surface area contributed by atoms with Crippen LogP contribution in [0.3, 0.4) is 0 Å². The molecule has 0 saturated carbocycles. The molecule has 0 saturated heterocycles. The van der Waals surface area contributed by atoms with Crippen molar-refractivity contribution in [2.24, 2.45) is 4.40 Å². The van der Waals surface area contributed by atoms with Crippen LogP contribution in [0, 0.1) is 6.92 Å². The smallest absolute Gasteiger partial charge is 0.205 e. The predicted molar refractivity (Wildman–Crippen MR) is 53.6 cm³/mol. The standard InChI is InChI=1S/C9H11NO2S/c1-8-3-5-9(6-4-8)7-10-13(2,11)12/h3-7H,1-2H3. The first-order chi connectivity index (χ1) is 5.97. The van der Waals surface area contributed by atoms with Crippen molar-refractivity contribution < 1.29 is 8.42 Å². The van der Waals surface area contributed by atoms with Crippen molar-refractivity contribution in [3.8, 4) is 0 Å². The Morgan fingerprint density at radius 2 is 1.77 bits per heavy atom. The van der Waals surface area contributed by atoms with E-state index in [1.807, 2.05) is 31.2 Å². The number of hydrogen-bond acceptors (Lipinski definition) is 2. The molecule has 0 bridgehead atoms. The summed E-state index contributed by atoms with van der Waals surface area (Å²) in [4.78, 5) is 0. The molecule has 4 heteroatoms. The normalized spacial score (nSPS) is 12.2. The van der Waals surface area contributed by atoms with E-state index in [0.717, 1.165) is 17.4 Å². The van der Waals surface area contributed by atoms with Crippen LogP contribution in [-0.4, -0.2) is 20.9 Å². The first kappa shape index (κ1) is 9.92. The number of rotatable bonds is 2. The quantitative estimate of drug-likeness (QED) is 0.672. The highest BCUT2D eigenvalue weighted by molar-refractivity contribution is 7.89. The van der Waals surface area contributed by atoms with Gasteiger partial charge in [0.05, 0.1) is 6.26 Å². The van der Waals surface area contributed by atoms with E-state index >= 15 is 0 Å². The van der Waals surface area contributed by atoms with Crippen molar-refractivity contribution in [3.05, 3.63) is 35.4 Å². The van der Waals surface area contributed by atoms with Gasteiger partial charge in [-0.2, -0.15) is 4.40 Å². The molecule has 0 N–H and O–H groups in total. The van der Waals surface area contributed by atoms with Crippen LogP contribution < -0.4 is 0 Å². The summed E-state index contributed by atoms with van der Waals surface area (Å²) in [5.74, 6) is 0. The minimum Gasteiger partial charge on any atom is -0.205 e. The van der Waals surface area contributed by atoms with Gasteiger partial charge in [0.15, 0.2) is 0 Å². The fraction of sp³-hybridized carbons (Fsp3) is 0.222. The van der Waals surface area contributed by atoms with Crippen LogP contribution in [0.1, 0.15) is 11.1 Å². The van der Waals surface area contributed by atoms with E-state index in [2.05, 4.69) is 4.40 Å². The number of aryl methyl sites for hydroxylation is 1. The molecule has 13 heavy (non-hydrogen) atoms. The lowest BCUT2D eigenvalue weighted by Crippen LogP contribution is -1.91. The lowest BCUT2D eigenvalue weighted by atomic mass is 10.2. The summed E-state index contributed by atoms with van der Waals surface area (Å²) in [5.41, 5.74) is 1.92. The fourth-order valence-electron chi connectivity index (χ4n) is 0.809. The Morgan fingerprint density at radius 1 is 1.23 bits per heavy atom. The van der Waals surface area contributed by atoms with Crippen molar-refractivity contribution in [1.29, 1.82) is 0 Å². The molecule has 70 valence electrons. The van der Waals surface area contributed by atoms with Crippen LogP contribution >= 0.6 is 0 Å². The summed E-state index contributed by atoms with van der Waals surface area (Å²) in [6.45, 7) is 1.97. The number of benzene rings is 1. The fourth-order valence-corrected chi connectivity index (χ4v) is 1.12. The number of nitrogens with zero attached hydrogens (tertiary/aromatic N) is 1. The second-order valence-corrected chi connectivity index (χ2v) is 4.56. The maximum absolute atomic E-state index is 10.7. The molecule has 0 fully saturated rings. The molecule has 1 rings (SSSR count). The Bertz CT molecular complexity index is 404. The molecule has 3 nitrogen and oxygen atoms in total. The average molecular weight is 197 g/mol. The van der Waals surface area contributed by atoms with Crippen molar-refractivity contribution in [1.82, 2.24) is 0 Å². The van der Waals surface area contributed by atoms with Crippen LogP contribution in [0.2, 0.25) is 0 Å². The summed E-state index contributed by atoms with van der Waals surface area (Å²) < 4.78 is 24.8. The summed E-state index contributed by atoms with van der Waals surface area (Å²) >= 11 is 0. The molecule has 1 aromatic rings. The second-order valence-electron chi connectivity index (χ2n) is 2.88. The van der Waals surface area contributed by atoms with E-state index in [9.17, 15) is 8.42 Å². The first-order valence-electron chi connectivity index (χ1n) is 3.79. The highest BCUT2D eigenvalue weighted by Crippen LogP contribution is 2.00. The van der Waals surface area contributed by atoms with Gasteiger partial charge in [-0.3, -0.25) is 0 Å². The third kappa shape index (κ3) is 3.85. The van der Waals surface area contributed by atoms with Gasteiger partial charge in [-0.25, -0.2) is 8.42 Å². The van der Waals surface area contributed by atoms with E-state index in [0.29, 0.717) is 0 Å². The van der Waals surface area contributed by atoms with E-state index in [1.165, 1.54) is 6.21 Å². The van der Waals surface area contributed by atoms with E-state index in [1.54, 1.807) is 0 Å². The van der Waals surface area contributed by atoms with Gasteiger partial charge in [0.2, 0.25) is 10.0 Å². The van der Waals surface area contributed by atoms with Crippen molar-refractivity contribution >= 4 is 16.2 Å². The zero-order valence-corrected chi connectivity index (χ0v) is 8.38. The van der Waals surface area contributed by atoms with Crippen LogP contribution in [-0.2, 0) is 10.0 Å². The summed E-state index contributed by atoms with van der Waals surface area (Å²) in [6, 6.07) is 7.46. The van der Waals surface area contributed by atoms with E-state index in [-0.39, 0.29) is 0 Å². The lowest BCUT2D eigenvalue weighted by molar-refractivity contribution is 0.604. The van der Waals surface area contributed by atoms with Crippen LogP contribution in [0.5, 0.6) is 0 Å². The molecule has 0 unspecified atom stereocenters. The van der Waals surface area contributed by atoms with Gasteiger partial charge in [0, 0.05) is 6.21 Å². The van der Waals surface area contributed by atoms with Crippen LogP contribution in [0.4, 0.5) is 0 Å². The Kier molecular flexibility index (Phi) is 2.83. The SMILES string of the molecule is Cc1ccc(C=NS(C)(=O)=O)cc1. The molecule has 0 aliphatic heterocycles. The molecule has 0 aromatic heterocycles. The summed E-state index contributed by atoms with van der Waals surface area (Å²) in [5, 5.41) is 0. The molecule has 0 aliphatic rings. The largest absolute Gasteiger partial charge is 0.250 e. The van der Waals surface area contributed by atoms with Gasteiger partial charge < -0.3 is 0 Å². The zero-order chi connectivity index (χ0) is 9.90. The lowest BCUT2D eigenvalue weighted by Gasteiger charge is -1.93. The zero-order valence-electron chi connectivity index (χ0n) is 7.56. The molecule has 1 aromatic carbocycles. The molecule has 0 heterocycles. The summed E-state index contributed by atoms with van der Waals surface area (Å²) in [6.07, 6.45) is 2.41. The Labute approximate surface area is 78.2 Å². The van der Waals surface area contributed by atoms with Gasteiger partial charge in [0.25, 0.3) is 0 Å². The maximum Gasteiger partial charge on any atom is 0.250 e. The minimum atomic E-state index is -3.26. The topological polar surface area (TPSA) is 46.5 Å². The van der Waals surface area contributed by atoms with Crippen molar-refractivity contribution in [3.63, 3.8) is 0 Å². The predicted octanol–water partition coefficient (Wildman–Crippen LogP) is 1.37. The van der Waals surface area contributed by atoms with E-state index < -0.39 is 10.0 Å². The molecule has 0 radical (unpaired) electrons. The van der Waals surface area contributed by atoms with Gasteiger partial charge in [-0.1, -0.05) is 29.8 Å². The van der Waals surface area contributed by atoms with Gasteiger partial charge >= 0.3 is 0 Å². The van der Waals surface area contributed by atoms with Crippen molar-refractivity contribution in [2.75, 3.05) is 6.26 Å². The Hall–Kier alpha value is -1.16. The number of sulfonamides is 1. The molecule has 0 atom stereocenters. The molecule has 0 aliphatic carbocycles. The average Bonchev–Trinajstić information content (AvgIpc) is 2.02. The Balaban J connectivity index is 2.88. The van der Waals surface area contributed by atoms with Gasteiger partial charge in [0.1, 0.15) is 0 Å². The van der Waals surface area contributed by atoms with Crippen molar-refractivity contribution in [2.45, 2.75) is 6.92 Å². The Morgan fingerprint density at radius 3 is 2.23 bits per heavy atom. The third-order valence-corrected chi connectivity index (χ3v) is 1.96. The molecule has 0 spiro atoms. The molecular weight excluding hydrogens is 186 g/mol. The number of hydrogen-bond donors (Lipinski definition) is 0. The monoisotopic (exact) mass is 197 g/mol. The van der Waals surface area contributed by atoms with E-state index in [4.69, 9.17) is 0 Å². The maximum atomic E-state index is 10.7. The first-order valence-corrected chi connectivity index (χ1v) is 5.64. The van der Waals surface area contributed by atoms with Gasteiger partial charge in [-0.05, 0) is 12.5 Å². The highest BCUT2D eigenvalue weighted by atomic mass is 32.2. The highest BCUT2D eigenvalue weighted by Gasteiger charge is 1.93. The second kappa shape index (κ2) is 3.70.